The number of rotatable bonds is 3. The minimum Gasteiger partial charge on any atom is -0.312 e. The van der Waals surface area contributed by atoms with Gasteiger partial charge in [0.2, 0.25) is 0 Å². The highest BCUT2D eigenvalue weighted by molar-refractivity contribution is 7.99. The Morgan fingerprint density at radius 2 is 2.33 bits per heavy atom. The number of thioether (sulfide) groups is 1. The van der Waals surface area contributed by atoms with Crippen LogP contribution in [0.5, 0.6) is 0 Å². The third-order valence-electron chi connectivity index (χ3n) is 4.29. The van der Waals surface area contributed by atoms with E-state index in [1.165, 1.54) is 56.8 Å². The lowest BCUT2D eigenvalue weighted by molar-refractivity contribution is 0.204. The minimum absolute atomic E-state index is 0.794. The molecular weight excluding hydrogens is 204 g/mol. The van der Waals surface area contributed by atoms with E-state index in [9.17, 15) is 0 Å². The first-order valence-corrected chi connectivity index (χ1v) is 7.62. The Kier molecular flexibility index (Phi) is 3.23. The van der Waals surface area contributed by atoms with E-state index < -0.39 is 0 Å². The summed E-state index contributed by atoms with van der Waals surface area (Å²) in [6.07, 6.45) is 5.87. The fourth-order valence-electron chi connectivity index (χ4n) is 3.43. The van der Waals surface area contributed by atoms with Crippen LogP contribution in [0.1, 0.15) is 25.7 Å². The lowest BCUT2D eigenvalue weighted by atomic mass is 10.1. The molecule has 1 N–H and O–H groups in total. The number of hydrogen-bond acceptors (Lipinski definition) is 3. The van der Waals surface area contributed by atoms with Crippen LogP contribution in [-0.2, 0) is 0 Å². The summed E-state index contributed by atoms with van der Waals surface area (Å²) in [6.45, 7) is 3.98. The van der Waals surface area contributed by atoms with Gasteiger partial charge in [-0.15, -0.1) is 0 Å². The third-order valence-corrected chi connectivity index (χ3v) is 5.42. The summed E-state index contributed by atoms with van der Waals surface area (Å²) in [5, 5.41) is 3.64. The Balaban J connectivity index is 1.42. The molecule has 2 nitrogen and oxygen atoms in total. The van der Waals surface area contributed by atoms with Crippen molar-refractivity contribution in [2.75, 3.05) is 31.1 Å². The van der Waals surface area contributed by atoms with Crippen molar-refractivity contribution in [1.82, 2.24) is 10.2 Å². The fraction of sp³-hybridized carbons (Fsp3) is 1.00. The molecule has 0 amide bonds. The monoisotopic (exact) mass is 226 g/mol. The van der Waals surface area contributed by atoms with Crippen molar-refractivity contribution in [3.63, 3.8) is 0 Å². The van der Waals surface area contributed by atoms with E-state index in [0.717, 1.165) is 18.0 Å². The van der Waals surface area contributed by atoms with Gasteiger partial charge in [0, 0.05) is 36.7 Å². The molecule has 0 aromatic rings. The van der Waals surface area contributed by atoms with E-state index in [2.05, 4.69) is 22.0 Å². The predicted octanol–water partition coefficient (Wildman–Crippen LogP) is 1.57. The molecule has 3 atom stereocenters. The van der Waals surface area contributed by atoms with E-state index in [0.29, 0.717) is 0 Å². The molecule has 15 heavy (non-hydrogen) atoms. The summed E-state index contributed by atoms with van der Waals surface area (Å²) in [5.74, 6) is 3.70. The first-order valence-electron chi connectivity index (χ1n) is 6.47. The van der Waals surface area contributed by atoms with Crippen molar-refractivity contribution in [3.8, 4) is 0 Å². The van der Waals surface area contributed by atoms with E-state index >= 15 is 0 Å². The van der Waals surface area contributed by atoms with Crippen molar-refractivity contribution in [2.45, 2.75) is 37.8 Å². The molecule has 3 heteroatoms. The van der Waals surface area contributed by atoms with E-state index in [4.69, 9.17) is 0 Å². The Morgan fingerprint density at radius 3 is 3.00 bits per heavy atom. The number of fused-ring (bicyclic) bond motifs is 2. The van der Waals surface area contributed by atoms with Crippen LogP contribution in [0.25, 0.3) is 0 Å². The lowest BCUT2D eigenvalue weighted by Crippen LogP contribution is -2.41. The van der Waals surface area contributed by atoms with Gasteiger partial charge in [-0.1, -0.05) is 0 Å². The Hall–Kier alpha value is 0.270. The Morgan fingerprint density at radius 1 is 1.33 bits per heavy atom. The maximum absolute atomic E-state index is 3.64. The zero-order chi connectivity index (χ0) is 10.1. The van der Waals surface area contributed by atoms with Crippen LogP contribution in [0, 0.1) is 5.92 Å². The highest BCUT2D eigenvalue weighted by Crippen LogP contribution is 2.37. The summed E-state index contributed by atoms with van der Waals surface area (Å²) < 4.78 is 0. The molecule has 2 bridgehead atoms. The molecule has 3 aliphatic rings. The second-order valence-corrected chi connectivity index (χ2v) is 6.49. The topological polar surface area (TPSA) is 15.3 Å². The van der Waals surface area contributed by atoms with Gasteiger partial charge < -0.3 is 10.2 Å². The van der Waals surface area contributed by atoms with Gasteiger partial charge in [0.15, 0.2) is 0 Å². The Bertz CT molecular complexity index is 216. The normalized spacial score (nSPS) is 41.2. The van der Waals surface area contributed by atoms with Crippen LogP contribution < -0.4 is 5.32 Å². The highest BCUT2D eigenvalue weighted by atomic mass is 32.2. The molecule has 0 aromatic heterocycles. The number of likely N-dealkylation sites (tertiary alicyclic amines) is 1. The number of hydrogen-bond donors (Lipinski definition) is 1. The summed E-state index contributed by atoms with van der Waals surface area (Å²) in [6, 6.07) is 1.76. The van der Waals surface area contributed by atoms with Crippen molar-refractivity contribution < 1.29 is 0 Å². The SMILES string of the molecule is C1CSCC(CCN2CC3CCC2C3)N1. The largest absolute Gasteiger partial charge is 0.312 e. The average Bonchev–Trinajstić information content (AvgIpc) is 2.89. The number of nitrogens with one attached hydrogen (secondary N) is 1. The predicted molar refractivity (Wildman–Crippen MR) is 66.4 cm³/mol. The molecule has 1 saturated carbocycles. The van der Waals surface area contributed by atoms with Gasteiger partial charge in [0.1, 0.15) is 0 Å². The second-order valence-electron chi connectivity index (χ2n) is 5.34. The van der Waals surface area contributed by atoms with Crippen molar-refractivity contribution in [3.05, 3.63) is 0 Å². The minimum atomic E-state index is 0.794. The zero-order valence-electron chi connectivity index (χ0n) is 9.45. The molecule has 3 rings (SSSR count). The first kappa shape index (κ1) is 10.4. The van der Waals surface area contributed by atoms with Gasteiger partial charge in [0.05, 0.1) is 0 Å². The summed E-state index contributed by atoms with van der Waals surface area (Å²) in [4.78, 5) is 2.76. The molecule has 86 valence electrons. The van der Waals surface area contributed by atoms with Gasteiger partial charge in [-0.3, -0.25) is 0 Å². The molecular formula is C12H22N2S. The molecule has 2 saturated heterocycles. The zero-order valence-corrected chi connectivity index (χ0v) is 10.3. The standard InChI is InChI=1S/C12H22N2S/c1-2-12-7-10(1)8-14(12)5-3-11-9-15-6-4-13-11/h10-13H,1-9H2. The lowest BCUT2D eigenvalue weighted by Gasteiger charge is -2.30. The maximum atomic E-state index is 3.64. The second kappa shape index (κ2) is 4.64. The van der Waals surface area contributed by atoms with Crippen LogP contribution in [0.2, 0.25) is 0 Å². The van der Waals surface area contributed by atoms with Crippen molar-refractivity contribution >= 4 is 11.8 Å². The third kappa shape index (κ3) is 2.34. The van der Waals surface area contributed by atoms with Gasteiger partial charge in [-0.25, -0.2) is 0 Å². The smallest absolute Gasteiger partial charge is 0.0170 e. The van der Waals surface area contributed by atoms with Gasteiger partial charge in [-0.2, -0.15) is 11.8 Å². The summed E-state index contributed by atoms with van der Waals surface area (Å²) >= 11 is 2.12. The van der Waals surface area contributed by atoms with Gasteiger partial charge in [-0.05, 0) is 38.1 Å². The molecule has 2 aliphatic heterocycles. The van der Waals surface area contributed by atoms with Crippen LogP contribution in [0.4, 0.5) is 0 Å². The molecule has 0 radical (unpaired) electrons. The van der Waals surface area contributed by atoms with E-state index in [1.54, 1.807) is 0 Å². The van der Waals surface area contributed by atoms with Crippen LogP contribution in [0.15, 0.2) is 0 Å². The molecule has 3 unspecified atom stereocenters. The van der Waals surface area contributed by atoms with Crippen LogP contribution in [0.3, 0.4) is 0 Å². The average molecular weight is 226 g/mol. The van der Waals surface area contributed by atoms with E-state index in [1.807, 2.05) is 0 Å². The summed E-state index contributed by atoms with van der Waals surface area (Å²) in [5.41, 5.74) is 0. The molecule has 1 aliphatic carbocycles. The quantitative estimate of drug-likeness (QED) is 0.786. The summed E-state index contributed by atoms with van der Waals surface area (Å²) in [7, 11) is 0. The number of piperidine rings is 1. The molecule has 3 fully saturated rings. The Labute approximate surface area is 97.2 Å². The maximum Gasteiger partial charge on any atom is 0.0170 e. The van der Waals surface area contributed by atoms with Crippen LogP contribution in [-0.4, -0.2) is 48.1 Å². The fourth-order valence-corrected chi connectivity index (χ4v) is 4.43. The van der Waals surface area contributed by atoms with Crippen LogP contribution >= 0.6 is 11.8 Å². The molecule has 2 heterocycles. The van der Waals surface area contributed by atoms with Gasteiger partial charge in [0.25, 0.3) is 0 Å². The highest BCUT2D eigenvalue weighted by Gasteiger charge is 2.37. The van der Waals surface area contributed by atoms with Crippen molar-refractivity contribution in [1.29, 1.82) is 0 Å². The molecule has 0 aromatic carbocycles. The molecule has 0 spiro atoms. The van der Waals surface area contributed by atoms with Crippen molar-refractivity contribution in [2.24, 2.45) is 5.92 Å². The first-order chi connectivity index (χ1) is 7.42. The van der Waals surface area contributed by atoms with Gasteiger partial charge >= 0.3 is 0 Å². The van der Waals surface area contributed by atoms with E-state index in [-0.39, 0.29) is 0 Å². The number of nitrogens with zero attached hydrogens (tertiary/aromatic N) is 1.